The molecule has 0 atom stereocenters. The number of aromatic nitrogens is 2. The SMILES string of the molecule is Cc1c(C(=O)N2CCCN(Cc3ccc(Cl)cc3)CC2)cnn1-c1ccccc1F. The van der Waals surface area contributed by atoms with Gasteiger partial charge in [-0.25, -0.2) is 9.07 Å². The highest BCUT2D eigenvalue weighted by Crippen LogP contribution is 2.19. The van der Waals surface area contributed by atoms with E-state index in [2.05, 4.69) is 10.00 Å². The van der Waals surface area contributed by atoms with Gasteiger partial charge in [-0.3, -0.25) is 9.69 Å². The number of benzene rings is 2. The molecule has 0 N–H and O–H groups in total. The minimum Gasteiger partial charge on any atom is -0.337 e. The van der Waals surface area contributed by atoms with Gasteiger partial charge in [0.1, 0.15) is 11.5 Å². The number of carbonyl (C=O) groups is 1. The maximum absolute atomic E-state index is 14.1. The lowest BCUT2D eigenvalue weighted by atomic mass is 10.2. The number of hydrogen-bond acceptors (Lipinski definition) is 3. The molecule has 0 spiro atoms. The van der Waals surface area contributed by atoms with Crippen LogP contribution in [0.15, 0.2) is 54.7 Å². The molecule has 1 fully saturated rings. The Hall–Kier alpha value is -2.70. The molecule has 30 heavy (non-hydrogen) atoms. The zero-order valence-corrected chi connectivity index (χ0v) is 17.6. The summed E-state index contributed by atoms with van der Waals surface area (Å²) >= 11 is 5.97. The van der Waals surface area contributed by atoms with Gasteiger partial charge in [-0.15, -0.1) is 0 Å². The van der Waals surface area contributed by atoms with Gasteiger partial charge >= 0.3 is 0 Å². The van der Waals surface area contributed by atoms with Gasteiger partial charge in [0.25, 0.3) is 5.91 Å². The molecule has 3 aromatic rings. The second-order valence-corrected chi connectivity index (χ2v) is 7.99. The molecular weight excluding hydrogens is 403 g/mol. The summed E-state index contributed by atoms with van der Waals surface area (Å²) in [6, 6.07) is 14.3. The van der Waals surface area contributed by atoms with Crippen LogP contribution in [0.2, 0.25) is 5.02 Å². The fraction of sp³-hybridized carbons (Fsp3) is 0.304. The molecule has 0 unspecified atom stereocenters. The lowest BCUT2D eigenvalue weighted by Gasteiger charge is -2.22. The Balaban J connectivity index is 1.44. The van der Waals surface area contributed by atoms with Crippen molar-refractivity contribution in [1.82, 2.24) is 19.6 Å². The van der Waals surface area contributed by atoms with Gasteiger partial charge in [0.15, 0.2) is 0 Å². The summed E-state index contributed by atoms with van der Waals surface area (Å²) in [6.07, 6.45) is 2.44. The molecule has 1 amide bonds. The molecule has 0 bridgehead atoms. The van der Waals surface area contributed by atoms with Crippen LogP contribution in [0, 0.1) is 12.7 Å². The van der Waals surface area contributed by atoms with E-state index in [1.807, 2.05) is 29.2 Å². The van der Waals surface area contributed by atoms with Crippen LogP contribution in [0.5, 0.6) is 0 Å². The average Bonchev–Trinajstić information content (AvgIpc) is 2.97. The number of nitrogens with zero attached hydrogens (tertiary/aromatic N) is 4. The molecule has 0 saturated carbocycles. The molecule has 7 heteroatoms. The zero-order chi connectivity index (χ0) is 21.1. The Labute approximate surface area is 180 Å². The molecule has 1 aliphatic heterocycles. The molecule has 156 valence electrons. The first-order chi connectivity index (χ1) is 14.5. The van der Waals surface area contributed by atoms with Crippen molar-refractivity contribution in [3.05, 3.63) is 82.4 Å². The van der Waals surface area contributed by atoms with Crippen molar-refractivity contribution in [3.63, 3.8) is 0 Å². The summed E-state index contributed by atoms with van der Waals surface area (Å²) in [5.41, 5.74) is 2.72. The summed E-state index contributed by atoms with van der Waals surface area (Å²) in [6.45, 7) is 5.71. The fourth-order valence-corrected chi connectivity index (χ4v) is 3.96. The molecule has 2 heterocycles. The average molecular weight is 427 g/mol. The third kappa shape index (κ3) is 4.40. The first kappa shape index (κ1) is 20.6. The van der Waals surface area contributed by atoms with E-state index in [-0.39, 0.29) is 11.7 Å². The second-order valence-electron chi connectivity index (χ2n) is 7.56. The number of rotatable bonds is 4. The van der Waals surface area contributed by atoms with Crippen molar-refractivity contribution in [3.8, 4) is 5.69 Å². The third-order valence-electron chi connectivity index (χ3n) is 5.52. The van der Waals surface area contributed by atoms with Crippen LogP contribution in [0.1, 0.15) is 28.0 Å². The highest BCUT2D eigenvalue weighted by atomic mass is 35.5. The first-order valence-electron chi connectivity index (χ1n) is 10.1. The van der Waals surface area contributed by atoms with Gasteiger partial charge in [-0.05, 0) is 43.2 Å². The van der Waals surface area contributed by atoms with Gasteiger partial charge in [0.05, 0.1) is 17.5 Å². The summed E-state index contributed by atoms with van der Waals surface area (Å²) < 4.78 is 15.6. The molecule has 1 saturated heterocycles. The lowest BCUT2D eigenvalue weighted by Crippen LogP contribution is -2.35. The first-order valence-corrected chi connectivity index (χ1v) is 10.5. The lowest BCUT2D eigenvalue weighted by molar-refractivity contribution is 0.0760. The Kier molecular flexibility index (Phi) is 6.16. The Morgan fingerprint density at radius 1 is 1.07 bits per heavy atom. The van der Waals surface area contributed by atoms with Gasteiger partial charge in [0, 0.05) is 37.7 Å². The predicted octanol–water partition coefficient (Wildman–Crippen LogP) is 4.32. The highest BCUT2D eigenvalue weighted by Gasteiger charge is 2.24. The van der Waals surface area contributed by atoms with Crippen LogP contribution in [0.4, 0.5) is 4.39 Å². The molecule has 0 aliphatic carbocycles. The van der Waals surface area contributed by atoms with Crippen molar-refractivity contribution in [2.45, 2.75) is 19.9 Å². The van der Waals surface area contributed by atoms with Crippen molar-refractivity contribution >= 4 is 17.5 Å². The van der Waals surface area contributed by atoms with Crippen LogP contribution < -0.4 is 0 Å². The fourth-order valence-electron chi connectivity index (χ4n) is 3.84. The quantitative estimate of drug-likeness (QED) is 0.623. The van der Waals surface area contributed by atoms with Crippen LogP contribution in [-0.4, -0.2) is 51.7 Å². The van der Waals surface area contributed by atoms with Gasteiger partial charge in [-0.1, -0.05) is 35.9 Å². The predicted molar refractivity (Wildman–Crippen MR) is 116 cm³/mol. The number of carbonyl (C=O) groups excluding carboxylic acids is 1. The molecule has 2 aromatic carbocycles. The van der Waals surface area contributed by atoms with Gasteiger partial charge in [-0.2, -0.15) is 5.10 Å². The maximum atomic E-state index is 14.1. The number of amides is 1. The van der Waals surface area contributed by atoms with E-state index in [0.29, 0.717) is 30.0 Å². The largest absolute Gasteiger partial charge is 0.337 e. The van der Waals surface area contributed by atoms with Crippen LogP contribution in [-0.2, 0) is 6.54 Å². The van der Waals surface area contributed by atoms with Crippen LogP contribution in [0.3, 0.4) is 0 Å². The zero-order valence-electron chi connectivity index (χ0n) is 16.9. The van der Waals surface area contributed by atoms with Crippen LogP contribution in [0.25, 0.3) is 5.69 Å². The molecular formula is C23H24ClFN4O. The van der Waals surface area contributed by atoms with E-state index in [4.69, 9.17) is 11.6 Å². The molecule has 5 nitrogen and oxygen atoms in total. The Morgan fingerprint density at radius 2 is 1.83 bits per heavy atom. The minimum atomic E-state index is -0.365. The Bertz CT molecular complexity index is 1030. The summed E-state index contributed by atoms with van der Waals surface area (Å²) in [7, 11) is 0. The Morgan fingerprint density at radius 3 is 2.60 bits per heavy atom. The van der Waals surface area contributed by atoms with Crippen molar-refractivity contribution in [2.24, 2.45) is 0 Å². The van der Waals surface area contributed by atoms with Crippen LogP contribution >= 0.6 is 11.6 Å². The second kappa shape index (κ2) is 8.98. The minimum absolute atomic E-state index is 0.0524. The smallest absolute Gasteiger partial charge is 0.257 e. The monoisotopic (exact) mass is 426 g/mol. The molecule has 1 aliphatic rings. The van der Waals surface area contributed by atoms with E-state index in [0.717, 1.165) is 31.1 Å². The maximum Gasteiger partial charge on any atom is 0.257 e. The van der Waals surface area contributed by atoms with E-state index in [9.17, 15) is 9.18 Å². The highest BCUT2D eigenvalue weighted by molar-refractivity contribution is 6.30. The van der Waals surface area contributed by atoms with Crippen molar-refractivity contribution in [1.29, 1.82) is 0 Å². The topological polar surface area (TPSA) is 41.4 Å². The normalized spacial score (nSPS) is 15.2. The summed E-state index contributed by atoms with van der Waals surface area (Å²) in [4.78, 5) is 17.4. The summed E-state index contributed by atoms with van der Waals surface area (Å²) in [5, 5.41) is 5.01. The van der Waals surface area contributed by atoms with E-state index >= 15 is 0 Å². The van der Waals surface area contributed by atoms with Gasteiger partial charge in [0.2, 0.25) is 0 Å². The van der Waals surface area contributed by atoms with Crippen molar-refractivity contribution in [2.75, 3.05) is 26.2 Å². The third-order valence-corrected chi connectivity index (χ3v) is 5.77. The number of halogens is 2. The molecule has 4 rings (SSSR count). The van der Waals surface area contributed by atoms with E-state index in [1.165, 1.54) is 16.3 Å². The molecule has 0 radical (unpaired) electrons. The van der Waals surface area contributed by atoms with E-state index < -0.39 is 0 Å². The molecule has 1 aromatic heterocycles. The standard InChI is InChI=1S/C23H24ClFN4O/c1-17-20(15-26-29(17)22-6-3-2-5-21(22)25)23(30)28-12-4-11-27(13-14-28)16-18-7-9-19(24)10-8-18/h2-3,5-10,15H,4,11-14,16H2,1H3. The number of hydrogen-bond donors (Lipinski definition) is 0. The van der Waals surface area contributed by atoms with Crippen molar-refractivity contribution < 1.29 is 9.18 Å². The number of para-hydroxylation sites is 1. The summed E-state index contributed by atoms with van der Waals surface area (Å²) in [5.74, 6) is -0.418. The van der Waals surface area contributed by atoms with E-state index in [1.54, 1.807) is 31.3 Å². The van der Waals surface area contributed by atoms with Gasteiger partial charge < -0.3 is 4.90 Å².